The van der Waals surface area contributed by atoms with Crippen molar-refractivity contribution in [2.75, 3.05) is 19.8 Å². The number of halogens is 1. The maximum Gasteiger partial charge on any atom is 0.169 e. The van der Waals surface area contributed by atoms with E-state index in [1.54, 1.807) is 0 Å². The lowest BCUT2D eigenvalue weighted by molar-refractivity contribution is 0.0265. The zero-order valence-electron chi connectivity index (χ0n) is 8.33. The second-order valence-corrected chi connectivity index (χ2v) is 4.62. The molecule has 0 bridgehead atoms. The summed E-state index contributed by atoms with van der Waals surface area (Å²) in [7, 11) is 0. The Bertz CT molecular complexity index is 320. The molecule has 1 aromatic rings. The van der Waals surface area contributed by atoms with E-state index in [1.165, 1.54) is 0 Å². The first-order valence-corrected chi connectivity index (χ1v) is 5.72. The van der Waals surface area contributed by atoms with Crippen LogP contribution >= 0.6 is 15.9 Å². The number of rotatable bonds is 4. The summed E-state index contributed by atoms with van der Waals surface area (Å²) in [5, 5.41) is 13.1. The first-order chi connectivity index (χ1) is 7.18. The molecule has 1 saturated heterocycles. The van der Waals surface area contributed by atoms with Crippen molar-refractivity contribution in [3.8, 4) is 0 Å². The molecule has 2 rings (SSSR count). The molecule has 4 nitrogen and oxygen atoms in total. The third-order valence-corrected chi connectivity index (χ3v) is 2.89. The Balaban J connectivity index is 1.75. The number of ether oxygens (including phenoxy) is 1. The first-order valence-electron chi connectivity index (χ1n) is 4.93. The second-order valence-electron chi connectivity index (χ2n) is 3.84. The molecular weight excluding hydrogens is 262 g/mol. The average Bonchev–Trinajstić information content (AvgIpc) is 2.76. The molecule has 1 atom stereocenters. The highest BCUT2D eigenvalue weighted by molar-refractivity contribution is 9.10. The number of furan rings is 1. The van der Waals surface area contributed by atoms with E-state index in [-0.39, 0.29) is 0 Å². The molecule has 0 amide bonds. The van der Waals surface area contributed by atoms with Crippen LogP contribution in [-0.2, 0) is 11.3 Å². The smallest absolute Gasteiger partial charge is 0.169 e. The molecule has 0 spiro atoms. The predicted octanol–water partition coefficient (Wildman–Crippen LogP) is 1.28. The van der Waals surface area contributed by atoms with E-state index >= 15 is 0 Å². The quantitative estimate of drug-likeness (QED) is 0.870. The summed E-state index contributed by atoms with van der Waals surface area (Å²) >= 11 is 3.24. The van der Waals surface area contributed by atoms with Gasteiger partial charge in [-0.3, -0.25) is 0 Å². The van der Waals surface area contributed by atoms with E-state index in [9.17, 15) is 5.11 Å². The van der Waals surface area contributed by atoms with Gasteiger partial charge in [0, 0.05) is 19.6 Å². The summed E-state index contributed by atoms with van der Waals surface area (Å²) < 4.78 is 11.2. The molecule has 2 heterocycles. The fourth-order valence-corrected chi connectivity index (χ4v) is 1.94. The SMILES string of the molecule is OC1(CNCc2ccc(Br)o2)CCOC1. The van der Waals surface area contributed by atoms with E-state index in [0.717, 1.165) is 10.4 Å². The number of aliphatic hydroxyl groups is 1. The van der Waals surface area contributed by atoms with Crippen LogP contribution in [0.5, 0.6) is 0 Å². The molecule has 1 fully saturated rings. The van der Waals surface area contributed by atoms with Crippen LogP contribution in [0, 0.1) is 0 Å². The van der Waals surface area contributed by atoms with Crippen LogP contribution in [0.15, 0.2) is 21.2 Å². The van der Waals surface area contributed by atoms with Gasteiger partial charge in [0.2, 0.25) is 0 Å². The van der Waals surface area contributed by atoms with Crippen molar-refractivity contribution in [3.05, 3.63) is 22.6 Å². The van der Waals surface area contributed by atoms with Gasteiger partial charge < -0.3 is 19.6 Å². The normalized spacial score (nSPS) is 26.0. The summed E-state index contributed by atoms with van der Waals surface area (Å²) in [6.07, 6.45) is 0.696. The molecule has 0 aromatic carbocycles. The van der Waals surface area contributed by atoms with Gasteiger partial charge in [0.15, 0.2) is 4.67 Å². The Labute approximate surface area is 96.7 Å². The Morgan fingerprint density at radius 2 is 2.40 bits per heavy atom. The summed E-state index contributed by atoms with van der Waals surface area (Å²) in [6, 6.07) is 3.75. The minimum atomic E-state index is -0.705. The van der Waals surface area contributed by atoms with Crippen molar-refractivity contribution in [1.29, 1.82) is 0 Å². The average molecular weight is 276 g/mol. The fraction of sp³-hybridized carbons (Fsp3) is 0.600. The van der Waals surface area contributed by atoms with Gasteiger partial charge in [-0.15, -0.1) is 0 Å². The van der Waals surface area contributed by atoms with Crippen molar-refractivity contribution in [1.82, 2.24) is 5.32 Å². The van der Waals surface area contributed by atoms with Crippen LogP contribution in [0.4, 0.5) is 0 Å². The first kappa shape index (κ1) is 11.1. The Hall–Kier alpha value is -0.360. The Morgan fingerprint density at radius 3 is 3.00 bits per heavy atom. The Kier molecular flexibility index (Phi) is 3.45. The van der Waals surface area contributed by atoms with Gasteiger partial charge in [0.1, 0.15) is 11.4 Å². The molecule has 15 heavy (non-hydrogen) atoms. The molecule has 1 aromatic heterocycles. The largest absolute Gasteiger partial charge is 0.453 e. The van der Waals surface area contributed by atoms with Crippen LogP contribution in [0.2, 0.25) is 0 Å². The number of hydrogen-bond acceptors (Lipinski definition) is 4. The molecule has 0 radical (unpaired) electrons. The molecule has 0 aliphatic carbocycles. The van der Waals surface area contributed by atoms with Crippen molar-refractivity contribution in [2.24, 2.45) is 0 Å². The minimum Gasteiger partial charge on any atom is -0.453 e. The summed E-state index contributed by atoms with van der Waals surface area (Å²) in [6.45, 7) is 2.21. The van der Waals surface area contributed by atoms with Gasteiger partial charge >= 0.3 is 0 Å². The molecule has 84 valence electrons. The molecule has 1 unspecified atom stereocenters. The van der Waals surface area contributed by atoms with Gasteiger partial charge in [-0.1, -0.05) is 0 Å². The number of nitrogens with one attached hydrogen (secondary N) is 1. The van der Waals surface area contributed by atoms with Gasteiger partial charge in [0.05, 0.1) is 13.2 Å². The zero-order chi connectivity index (χ0) is 10.7. The third kappa shape index (κ3) is 3.04. The summed E-state index contributed by atoms with van der Waals surface area (Å²) in [5.74, 6) is 0.851. The highest BCUT2D eigenvalue weighted by Crippen LogP contribution is 2.18. The van der Waals surface area contributed by atoms with Gasteiger partial charge in [-0.05, 0) is 28.1 Å². The van der Waals surface area contributed by atoms with E-state index < -0.39 is 5.60 Å². The van der Waals surface area contributed by atoms with E-state index in [4.69, 9.17) is 9.15 Å². The van der Waals surface area contributed by atoms with E-state index in [2.05, 4.69) is 21.2 Å². The van der Waals surface area contributed by atoms with Crippen LogP contribution in [0.3, 0.4) is 0 Å². The van der Waals surface area contributed by atoms with Gasteiger partial charge in [-0.2, -0.15) is 0 Å². The van der Waals surface area contributed by atoms with Crippen LogP contribution in [0.1, 0.15) is 12.2 Å². The van der Waals surface area contributed by atoms with Gasteiger partial charge in [0.25, 0.3) is 0 Å². The Morgan fingerprint density at radius 1 is 1.53 bits per heavy atom. The fourth-order valence-electron chi connectivity index (χ4n) is 1.60. The molecule has 1 aliphatic rings. The maximum atomic E-state index is 9.95. The van der Waals surface area contributed by atoms with E-state index in [0.29, 0.717) is 32.7 Å². The molecule has 0 saturated carbocycles. The van der Waals surface area contributed by atoms with Crippen LogP contribution in [0.25, 0.3) is 0 Å². The van der Waals surface area contributed by atoms with Crippen molar-refractivity contribution < 1.29 is 14.3 Å². The predicted molar refractivity (Wildman–Crippen MR) is 58.5 cm³/mol. The zero-order valence-corrected chi connectivity index (χ0v) is 9.92. The molecule has 5 heteroatoms. The van der Waals surface area contributed by atoms with Crippen LogP contribution < -0.4 is 5.32 Å². The second kappa shape index (κ2) is 4.65. The number of hydrogen-bond donors (Lipinski definition) is 2. The maximum absolute atomic E-state index is 9.95. The topological polar surface area (TPSA) is 54.6 Å². The molecule has 2 N–H and O–H groups in total. The lowest BCUT2D eigenvalue weighted by atomic mass is 10.0. The minimum absolute atomic E-state index is 0.419. The van der Waals surface area contributed by atoms with E-state index in [1.807, 2.05) is 12.1 Å². The lowest BCUT2D eigenvalue weighted by Crippen LogP contribution is -2.40. The monoisotopic (exact) mass is 275 g/mol. The lowest BCUT2D eigenvalue weighted by Gasteiger charge is -2.20. The van der Waals surface area contributed by atoms with Gasteiger partial charge in [-0.25, -0.2) is 0 Å². The standard InChI is InChI=1S/C10H14BrNO3/c11-9-2-1-8(15-9)5-12-6-10(13)3-4-14-7-10/h1-2,12-13H,3-7H2. The highest BCUT2D eigenvalue weighted by Gasteiger charge is 2.31. The molecule has 1 aliphatic heterocycles. The highest BCUT2D eigenvalue weighted by atomic mass is 79.9. The molecular formula is C10H14BrNO3. The third-order valence-electron chi connectivity index (χ3n) is 2.46. The van der Waals surface area contributed by atoms with Crippen LogP contribution in [-0.4, -0.2) is 30.5 Å². The van der Waals surface area contributed by atoms with Crippen molar-refractivity contribution >= 4 is 15.9 Å². The van der Waals surface area contributed by atoms with Crippen molar-refractivity contribution in [3.63, 3.8) is 0 Å². The van der Waals surface area contributed by atoms with Crippen molar-refractivity contribution in [2.45, 2.75) is 18.6 Å². The summed E-state index contributed by atoms with van der Waals surface area (Å²) in [5.41, 5.74) is -0.705. The summed E-state index contributed by atoms with van der Waals surface area (Å²) in [4.78, 5) is 0.